The number of amides is 1. The molecular formula is C15H16N2O2. The number of phenolic OH excluding ortho intramolecular Hbond substituents is 1. The predicted molar refractivity (Wildman–Crippen MR) is 76.4 cm³/mol. The molecule has 2 aromatic carbocycles. The van der Waals surface area contributed by atoms with Gasteiger partial charge in [0.05, 0.1) is 0 Å². The highest BCUT2D eigenvalue weighted by molar-refractivity contribution is 6.05. The molecule has 0 saturated heterocycles. The van der Waals surface area contributed by atoms with Gasteiger partial charge in [-0.2, -0.15) is 0 Å². The fourth-order valence-corrected chi connectivity index (χ4v) is 1.77. The van der Waals surface area contributed by atoms with Crippen LogP contribution in [-0.2, 0) is 0 Å². The van der Waals surface area contributed by atoms with Gasteiger partial charge in [-0.3, -0.25) is 4.79 Å². The Hall–Kier alpha value is -2.49. The third kappa shape index (κ3) is 2.85. The number of hydrogen-bond acceptors (Lipinski definition) is 3. The quantitative estimate of drug-likeness (QED) is 0.723. The molecule has 0 aromatic heterocycles. The van der Waals surface area contributed by atoms with E-state index in [1.54, 1.807) is 37.3 Å². The number of benzene rings is 2. The molecule has 0 unspecified atom stereocenters. The highest BCUT2D eigenvalue weighted by Crippen LogP contribution is 2.22. The van der Waals surface area contributed by atoms with Gasteiger partial charge in [0.1, 0.15) is 5.75 Å². The molecule has 0 fully saturated rings. The van der Waals surface area contributed by atoms with E-state index in [0.29, 0.717) is 16.9 Å². The van der Waals surface area contributed by atoms with Gasteiger partial charge in [0.15, 0.2) is 0 Å². The first-order chi connectivity index (χ1) is 8.97. The Morgan fingerprint density at radius 1 is 1.11 bits per heavy atom. The van der Waals surface area contributed by atoms with Crippen molar-refractivity contribution >= 4 is 17.3 Å². The normalized spacial score (nSPS) is 10.2. The van der Waals surface area contributed by atoms with E-state index in [2.05, 4.69) is 5.32 Å². The molecule has 0 aliphatic carbocycles. The lowest BCUT2D eigenvalue weighted by atomic mass is 10.1. The van der Waals surface area contributed by atoms with Crippen molar-refractivity contribution in [1.82, 2.24) is 0 Å². The molecule has 1 amide bonds. The summed E-state index contributed by atoms with van der Waals surface area (Å²) in [5, 5.41) is 12.4. The SMILES string of the molecule is Cc1ccc(NC(=O)c2cc(N)ccc2C)cc1O. The fraction of sp³-hybridized carbons (Fsp3) is 0.133. The van der Waals surface area contributed by atoms with Crippen molar-refractivity contribution in [3.8, 4) is 5.75 Å². The Morgan fingerprint density at radius 2 is 1.79 bits per heavy atom. The van der Waals surface area contributed by atoms with Gasteiger partial charge in [0.2, 0.25) is 0 Å². The molecule has 19 heavy (non-hydrogen) atoms. The molecule has 0 heterocycles. The highest BCUT2D eigenvalue weighted by atomic mass is 16.3. The predicted octanol–water partition coefficient (Wildman–Crippen LogP) is 2.84. The summed E-state index contributed by atoms with van der Waals surface area (Å²) >= 11 is 0. The molecule has 0 saturated carbocycles. The minimum atomic E-state index is -0.243. The number of phenols is 1. The molecule has 2 aromatic rings. The number of carbonyl (C=O) groups excluding carboxylic acids is 1. The maximum Gasteiger partial charge on any atom is 0.256 e. The first kappa shape index (κ1) is 13.0. The van der Waals surface area contributed by atoms with Crippen LogP contribution in [0, 0.1) is 13.8 Å². The summed E-state index contributed by atoms with van der Waals surface area (Å²) in [6.45, 7) is 3.64. The van der Waals surface area contributed by atoms with Gasteiger partial charge in [0.25, 0.3) is 5.91 Å². The van der Waals surface area contributed by atoms with Crippen molar-refractivity contribution in [1.29, 1.82) is 0 Å². The number of hydrogen-bond donors (Lipinski definition) is 3. The smallest absolute Gasteiger partial charge is 0.256 e. The van der Waals surface area contributed by atoms with Crippen LogP contribution < -0.4 is 11.1 Å². The van der Waals surface area contributed by atoms with E-state index < -0.39 is 0 Å². The lowest BCUT2D eigenvalue weighted by Crippen LogP contribution is -2.13. The standard InChI is InChI=1S/C15H16N2O2/c1-9-3-5-11(16)7-13(9)15(19)17-12-6-4-10(2)14(18)8-12/h3-8,18H,16H2,1-2H3,(H,17,19). The topological polar surface area (TPSA) is 75.4 Å². The van der Waals surface area contributed by atoms with E-state index in [9.17, 15) is 9.90 Å². The second kappa shape index (κ2) is 5.02. The van der Waals surface area contributed by atoms with Crippen LogP contribution in [0.25, 0.3) is 0 Å². The van der Waals surface area contributed by atoms with Crippen molar-refractivity contribution in [3.05, 3.63) is 53.1 Å². The maximum absolute atomic E-state index is 12.1. The van der Waals surface area contributed by atoms with Crippen LogP contribution in [-0.4, -0.2) is 11.0 Å². The minimum Gasteiger partial charge on any atom is -0.508 e. The molecule has 4 N–H and O–H groups in total. The number of anilines is 2. The van der Waals surface area contributed by atoms with E-state index in [-0.39, 0.29) is 11.7 Å². The molecule has 0 aliphatic rings. The average Bonchev–Trinajstić information content (AvgIpc) is 2.36. The second-order valence-electron chi connectivity index (χ2n) is 4.53. The number of nitrogen functional groups attached to an aromatic ring is 1. The Kier molecular flexibility index (Phi) is 3.42. The van der Waals surface area contributed by atoms with Crippen molar-refractivity contribution in [3.63, 3.8) is 0 Å². The monoisotopic (exact) mass is 256 g/mol. The number of aryl methyl sites for hydroxylation is 2. The van der Waals surface area contributed by atoms with Gasteiger partial charge < -0.3 is 16.2 Å². The number of nitrogens with one attached hydrogen (secondary N) is 1. The molecule has 0 atom stereocenters. The van der Waals surface area contributed by atoms with E-state index in [0.717, 1.165) is 11.1 Å². The zero-order valence-corrected chi connectivity index (χ0v) is 10.9. The maximum atomic E-state index is 12.1. The molecule has 0 radical (unpaired) electrons. The highest BCUT2D eigenvalue weighted by Gasteiger charge is 2.10. The second-order valence-corrected chi connectivity index (χ2v) is 4.53. The third-order valence-corrected chi connectivity index (χ3v) is 2.97. The van der Waals surface area contributed by atoms with E-state index >= 15 is 0 Å². The zero-order chi connectivity index (χ0) is 14.0. The van der Waals surface area contributed by atoms with Crippen LogP contribution in [0.1, 0.15) is 21.5 Å². The van der Waals surface area contributed by atoms with Crippen LogP contribution in [0.5, 0.6) is 5.75 Å². The van der Waals surface area contributed by atoms with Crippen molar-refractivity contribution in [2.45, 2.75) is 13.8 Å². The lowest BCUT2D eigenvalue weighted by molar-refractivity contribution is 0.102. The van der Waals surface area contributed by atoms with Crippen LogP contribution in [0.15, 0.2) is 36.4 Å². The zero-order valence-electron chi connectivity index (χ0n) is 10.9. The summed E-state index contributed by atoms with van der Waals surface area (Å²) in [7, 11) is 0. The van der Waals surface area contributed by atoms with E-state index in [4.69, 9.17) is 5.73 Å². The molecule has 0 aliphatic heterocycles. The van der Waals surface area contributed by atoms with Gasteiger partial charge in [0, 0.05) is 23.0 Å². The van der Waals surface area contributed by atoms with Gasteiger partial charge in [-0.1, -0.05) is 12.1 Å². The summed E-state index contributed by atoms with van der Waals surface area (Å²) in [5.41, 5.74) is 8.92. The summed E-state index contributed by atoms with van der Waals surface area (Å²) < 4.78 is 0. The summed E-state index contributed by atoms with van der Waals surface area (Å²) in [6, 6.07) is 10.2. The molecule has 4 heteroatoms. The number of carbonyl (C=O) groups is 1. The summed E-state index contributed by atoms with van der Waals surface area (Å²) in [4.78, 5) is 12.1. The Labute approximate surface area is 111 Å². The first-order valence-corrected chi connectivity index (χ1v) is 5.94. The fourth-order valence-electron chi connectivity index (χ4n) is 1.77. The van der Waals surface area contributed by atoms with Crippen LogP contribution in [0.4, 0.5) is 11.4 Å². The lowest BCUT2D eigenvalue weighted by Gasteiger charge is -2.09. The first-order valence-electron chi connectivity index (χ1n) is 5.94. The third-order valence-electron chi connectivity index (χ3n) is 2.97. The van der Waals surface area contributed by atoms with Crippen LogP contribution in [0.2, 0.25) is 0 Å². The van der Waals surface area contributed by atoms with Crippen molar-refractivity contribution < 1.29 is 9.90 Å². The number of nitrogens with two attached hydrogens (primary N) is 1. The number of rotatable bonds is 2. The molecule has 0 bridgehead atoms. The Morgan fingerprint density at radius 3 is 2.47 bits per heavy atom. The van der Waals surface area contributed by atoms with Crippen molar-refractivity contribution in [2.24, 2.45) is 0 Å². The average molecular weight is 256 g/mol. The van der Waals surface area contributed by atoms with Crippen LogP contribution in [0.3, 0.4) is 0 Å². The largest absolute Gasteiger partial charge is 0.508 e. The van der Waals surface area contributed by atoms with E-state index in [1.165, 1.54) is 6.07 Å². The Balaban J connectivity index is 2.25. The minimum absolute atomic E-state index is 0.155. The summed E-state index contributed by atoms with van der Waals surface area (Å²) in [6.07, 6.45) is 0. The number of aromatic hydroxyl groups is 1. The van der Waals surface area contributed by atoms with Gasteiger partial charge in [-0.05, 0) is 43.2 Å². The molecule has 0 spiro atoms. The van der Waals surface area contributed by atoms with Crippen molar-refractivity contribution in [2.75, 3.05) is 11.1 Å². The molecule has 4 nitrogen and oxygen atoms in total. The van der Waals surface area contributed by atoms with E-state index in [1.807, 2.05) is 6.92 Å². The molecule has 98 valence electrons. The van der Waals surface area contributed by atoms with Gasteiger partial charge in [-0.25, -0.2) is 0 Å². The Bertz CT molecular complexity index is 636. The van der Waals surface area contributed by atoms with Gasteiger partial charge >= 0.3 is 0 Å². The summed E-state index contributed by atoms with van der Waals surface area (Å²) in [5.74, 6) is -0.0878. The van der Waals surface area contributed by atoms with Gasteiger partial charge in [-0.15, -0.1) is 0 Å². The van der Waals surface area contributed by atoms with Crippen LogP contribution >= 0.6 is 0 Å². The molecular weight excluding hydrogens is 240 g/mol. The molecule has 2 rings (SSSR count).